The fourth-order valence-electron chi connectivity index (χ4n) is 2.30. The first-order valence-corrected chi connectivity index (χ1v) is 7.37. The molecule has 2 aromatic carbocycles. The van der Waals surface area contributed by atoms with Gasteiger partial charge >= 0.3 is 17.6 Å². The Morgan fingerprint density at radius 3 is 2.38 bits per heavy atom. The Hall–Kier alpha value is -3.20. The number of carbonyl (C=O) groups excluding carboxylic acids is 2. The van der Waals surface area contributed by atoms with E-state index >= 15 is 0 Å². The average Bonchev–Trinajstić information content (AvgIpc) is 2.53. The third-order valence-electron chi connectivity index (χ3n) is 3.27. The van der Waals surface area contributed by atoms with Crippen molar-refractivity contribution in [3.05, 3.63) is 64.6 Å². The summed E-state index contributed by atoms with van der Waals surface area (Å²) < 4.78 is 10.5. The van der Waals surface area contributed by atoms with Crippen LogP contribution in [0.5, 0.6) is 5.75 Å². The van der Waals surface area contributed by atoms with Crippen molar-refractivity contribution >= 4 is 17.6 Å². The maximum absolute atomic E-state index is 11.4. The number of rotatable bonds is 5. The summed E-state index contributed by atoms with van der Waals surface area (Å²) in [5, 5.41) is 8.75. The Kier molecular flexibility index (Phi) is 5.63. The third-order valence-corrected chi connectivity index (χ3v) is 3.27. The van der Waals surface area contributed by atoms with Gasteiger partial charge in [0.2, 0.25) is 5.39 Å². The van der Waals surface area contributed by atoms with Gasteiger partial charge in [0.15, 0.2) is 4.98 Å². The number of hydrogen-bond acceptors (Lipinski definition) is 5. The molecule has 1 atom stereocenters. The predicted octanol–water partition coefficient (Wildman–Crippen LogP) is 3.94. The van der Waals surface area contributed by atoms with E-state index in [1.165, 1.54) is 13.8 Å². The van der Waals surface area contributed by atoms with Crippen LogP contribution in [-0.4, -0.2) is 11.9 Å². The van der Waals surface area contributed by atoms with Gasteiger partial charge in [0.25, 0.3) is 0 Å². The molecule has 6 nitrogen and oxygen atoms in total. The first kappa shape index (κ1) is 17.2. The summed E-state index contributed by atoms with van der Waals surface area (Å²) in [6, 6.07) is 13.8. The molecule has 0 aromatic heterocycles. The quantitative estimate of drug-likeness (QED) is 0.472. The molecule has 0 aliphatic heterocycles. The zero-order valence-electron chi connectivity index (χ0n) is 13.4. The monoisotopic (exact) mass is 325 g/mol. The van der Waals surface area contributed by atoms with Gasteiger partial charge < -0.3 is 9.47 Å². The predicted molar refractivity (Wildman–Crippen MR) is 87.1 cm³/mol. The minimum Gasteiger partial charge on any atom is -0.457 e. The van der Waals surface area contributed by atoms with Crippen molar-refractivity contribution in [3.63, 3.8) is 0 Å². The van der Waals surface area contributed by atoms with Gasteiger partial charge in [0.1, 0.15) is 11.9 Å². The fraction of sp³-hybridized carbons (Fsp3) is 0.222. The number of carbonyl (C=O) groups is 2. The molecule has 0 aliphatic rings. The van der Waals surface area contributed by atoms with Crippen LogP contribution in [0.4, 0.5) is 5.69 Å². The Bertz CT molecular complexity index is 778. The molecule has 2 rings (SSSR count). The van der Waals surface area contributed by atoms with Gasteiger partial charge in [0.05, 0.1) is 0 Å². The minimum atomic E-state index is -0.497. The van der Waals surface area contributed by atoms with E-state index in [0.717, 1.165) is 11.1 Å². The molecule has 0 radical (unpaired) electrons. The van der Waals surface area contributed by atoms with Crippen molar-refractivity contribution < 1.29 is 19.1 Å². The molecule has 0 bridgehead atoms. The normalized spacial score (nSPS) is 11.2. The lowest BCUT2D eigenvalue weighted by atomic mass is 10.0. The van der Waals surface area contributed by atoms with Crippen LogP contribution in [0.2, 0.25) is 0 Å². The Labute approximate surface area is 139 Å². The van der Waals surface area contributed by atoms with Crippen molar-refractivity contribution in [2.24, 2.45) is 0 Å². The molecule has 1 unspecified atom stereocenters. The van der Waals surface area contributed by atoms with E-state index < -0.39 is 18.0 Å². The second kappa shape index (κ2) is 7.88. The van der Waals surface area contributed by atoms with Crippen LogP contribution in [0.1, 0.15) is 31.1 Å². The highest BCUT2D eigenvalue weighted by Crippen LogP contribution is 2.26. The molecule has 0 heterocycles. The molecule has 0 saturated heterocycles. The molecule has 0 aliphatic carbocycles. The van der Waals surface area contributed by atoms with Crippen LogP contribution in [0.3, 0.4) is 0 Å². The first-order valence-electron chi connectivity index (χ1n) is 7.37. The van der Waals surface area contributed by atoms with Gasteiger partial charge in [0, 0.05) is 32.4 Å². The molecule has 6 heteroatoms. The molecule has 24 heavy (non-hydrogen) atoms. The lowest BCUT2D eigenvalue weighted by Crippen LogP contribution is -2.11. The van der Waals surface area contributed by atoms with E-state index in [4.69, 9.17) is 14.9 Å². The Morgan fingerprint density at radius 2 is 1.79 bits per heavy atom. The molecule has 0 amide bonds. The lowest BCUT2D eigenvalue weighted by molar-refractivity contribution is -0.146. The molecule has 0 spiro atoms. The fourth-order valence-corrected chi connectivity index (χ4v) is 2.30. The molecule has 0 N–H and O–H groups in total. The summed E-state index contributed by atoms with van der Waals surface area (Å²) in [7, 11) is 0. The molecular formula is C18H17N2O4+. The summed E-state index contributed by atoms with van der Waals surface area (Å²) in [4.78, 5) is 25.6. The minimum absolute atomic E-state index is 0.396. The number of hydrogen-bond donors (Lipinski definition) is 0. The van der Waals surface area contributed by atoms with E-state index in [-0.39, 0.29) is 0 Å². The number of benzene rings is 2. The van der Waals surface area contributed by atoms with E-state index in [1.807, 2.05) is 6.07 Å². The highest BCUT2D eigenvalue weighted by molar-refractivity contribution is 5.69. The van der Waals surface area contributed by atoms with Crippen LogP contribution in [0.25, 0.3) is 4.98 Å². The number of esters is 2. The van der Waals surface area contributed by atoms with Crippen LogP contribution in [-0.2, 0) is 20.7 Å². The van der Waals surface area contributed by atoms with Crippen molar-refractivity contribution in [1.82, 2.24) is 0 Å². The van der Waals surface area contributed by atoms with Crippen molar-refractivity contribution in [1.29, 1.82) is 5.39 Å². The largest absolute Gasteiger partial charge is 0.457 e. The molecule has 122 valence electrons. The second-order valence-corrected chi connectivity index (χ2v) is 5.23. The SMILES string of the molecule is CC(=O)Oc1cccc(CC(OC(C)=O)c2ccc([N+]#N)cc2)c1. The molecule has 0 saturated carbocycles. The number of ether oxygens (including phenoxy) is 2. The third kappa shape index (κ3) is 4.92. The zero-order chi connectivity index (χ0) is 17.5. The smallest absolute Gasteiger partial charge is 0.385 e. The number of diazo groups is 1. The molecule has 2 aromatic rings. The van der Waals surface area contributed by atoms with Crippen molar-refractivity contribution in [2.75, 3.05) is 0 Å². The maximum atomic E-state index is 11.4. The van der Waals surface area contributed by atoms with Crippen molar-refractivity contribution in [2.45, 2.75) is 26.4 Å². The van der Waals surface area contributed by atoms with Crippen molar-refractivity contribution in [3.8, 4) is 5.75 Å². The van der Waals surface area contributed by atoms with Gasteiger partial charge in [-0.15, -0.1) is 0 Å². The van der Waals surface area contributed by atoms with Crippen LogP contribution < -0.4 is 4.74 Å². The highest BCUT2D eigenvalue weighted by Gasteiger charge is 2.17. The Balaban J connectivity index is 2.23. The molecular weight excluding hydrogens is 308 g/mol. The number of nitrogens with zero attached hydrogens (tertiary/aromatic N) is 2. The van der Waals surface area contributed by atoms with Crippen LogP contribution >= 0.6 is 0 Å². The van der Waals surface area contributed by atoms with Gasteiger partial charge in [-0.3, -0.25) is 9.59 Å². The summed E-state index contributed by atoms with van der Waals surface area (Å²) in [5.74, 6) is -0.352. The van der Waals surface area contributed by atoms with Gasteiger partial charge in [-0.1, -0.05) is 12.1 Å². The van der Waals surface area contributed by atoms with Gasteiger partial charge in [-0.25, -0.2) is 0 Å². The van der Waals surface area contributed by atoms with E-state index in [0.29, 0.717) is 17.9 Å². The van der Waals surface area contributed by atoms with E-state index in [2.05, 4.69) is 4.98 Å². The Morgan fingerprint density at radius 1 is 1.08 bits per heavy atom. The zero-order valence-corrected chi connectivity index (χ0v) is 13.4. The van der Waals surface area contributed by atoms with Crippen LogP contribution in [0, 0.1) is 5.39 Å². The average molecular weight is 325 g/mol. The summed E-state index contributed by atoms with van der Waals surface area (Å²) in [6.07, 6.45) is -0.0765. The second-order valence-electron chi connectivity index (χ2n) is 5.23. The highest BCUT2D eigenvalue weighted by atomic mass is 16.5. The van der Waals surface area contributed by atoms with Gasteiger partial charge in [-0.05, 0) is 35.4 Å². The summed E-state index contributed by atoms with van der Waals surface area (Å²) in [5.41, 5.74) is 2.04. The van der Waals surface area contributed by atoms with E-state index in [9.17, 15) is 9.59 Å². The van der Waals surface area contributed by atoms with Crippen LogP contribution in [0.15, 0.2) is 48.5 Å². The van der Waals surface area contributed by atoms with Gasteiger partial charge in [-0.2, -0.15) is 0 Å². The lowest BCUT2D eigenvalue weighted by Gasteiger charge is -2.17. The first-order chi connectivity index (χ1) is 11.5. The standard InChI is InChI=1S/C18H17N2O4/c1-12(21)23-17-5-3-4-14(10-17)11-18(24-13(2)22)15-6-8-16(20-19)9-7-15/h3-10,18H,11H2,1-2H3/q+1. The summed E-state index contributed by atoms with van der Waals surface area (Å²) in [6.45, 7) is 2.68. The molecule has 0 fully saturated rings. The maximum Gasteiger partial charge on any atom is 0.385 e. The topological polar surface area (TPSA) is 80.8 Å². The summed E-state index contributed by atoms with van der Waals surface area (Å²) >= 11 is 0. The van der Waals surface area contributed by atoms with E-state index in [1.54, 1.807) is 42.5 Å².